The molecule has 0 aliphatic carbocycles. The molecule has 0 fully saturated rings. The van der Waals surface area contributed by atoms with Gasteiger partial charge in [0, 0.05) is 22.7 Å². The van der Waals surface area contributed by atoms with Gasteiger partial charge in [0.25, 0.3) is 0 Å². The van der Waals surface area contributed by atoms with E-state index in [1.54, 1.807) is 24.3 Å². The molecular weight excluding hydrogens is 467 g/mol. The Labute approximate surface area is 199 Å². The minimum Gasteiger partial charge on any atom is -0.481 e. The number of hydrogen-bond acceptors (Lipinski definition) is 4. The molecule has 3 N–H and O–H groups in total. The van der Waals surface area contributed by atoms with E-state index in [1.807, 2.05) is 30.3 Å². The van der Waals surface area contributed by atoms with E-state index in [4.69, 9.17) is 16.7 Å². The lowest BCUT2D eigenvalue weighted by Gasteiger charge is -2.17. The molecule has 0 aromatic heterocycles. The number of rotatable bonds is 9. The van der Waals surface area contributed by atoms with Crippen molar-refractivity contribution < 1.29 is 23.9 Å². The molecule has 9 heteroatoms. The van der Waals surface area contributed by atoms with Crippen molar-refractivity contribution in [3.63, 3.8) is 0 Å². The van der Waals surface area contributed by atoms with Gasteiger partial charge in [0.15, 0.2) is 0 Å². The van der Waals surface area contributed by atoms with Gasteiger partial charge in [0.05, 0.1) is 11.4 Å². The number of carboxylic acid groups (broad SMARTS) is 1. The first-order valence-electron chi connectivity index (χ1n) is 9.91. The van der Waals surface area contributed by atoms with Gasteiger partial charge in [0.1, 0.15) is 11.1 Å². The lowest BCUT2D eigenvalue weighted by Crippen LogP contribution is -2.19. The van der Waals surface area contributed by atoms with E-state index in [2.05, 4.69) is 10.6 Å². The number of carbonyl (C=O) groups excluding carboxylic acids is 2. The Balaban J connectivity index is 1.72. The average molecular weight is 487 g/mol. The summed E-state index contributed by atoms with van der Waals surface area (Å²) in [5.41, 5.74) is 1.68. The van der Waals surface area contributed by atoms with Crippen LogP contribution in [0.3, 0.4) is 0 Å². The lowest BCUT2D eigenvalue weighted by molar-refractivity contribution is -0.138. The smallest absolute Gasteiger partial charge is 0.303 e. The van der Waals surface area contributed by atoms with Crippen LogP contribution in [0.15, 0.2) is 77.7 Å². The fraction of sp³-hybridized carbons (Fsp3) is 0.125. The third kappa shape index (κ3) is 7.34. The third-order valence-corrected chi connectivity index (χ3v) is 6.04. The second-order valence-electron chi connectivity index (χ2n) is 6.99. The molecule has 0 aliphatic heterocycles. The Bertz CT molecular complexity index is 1140. The molecular formula is C24H20ClFN2O4S. The molecule has 3 aromatic carbocycles. The van der Waals surface area contributed by atoms with Gasteiger partial charge < -0.3 is 15.7 Å². The topological polar surface area (TPSA) is 95.5 Å². The van der Waals surface area contributed by atoms with Crippen LogP contribution in [0.25, 0.3) is 0 Å². The fourth-order valence-corrected chi connectivity index (χ4v) is 4.08. The summed E-state index contributed by atoms with van der Waals surface area (Å²) in [7, 11) is 0. The lowest BCUT2D eigenvalue weighted by atomic mass is 10.1. The first-order chi connectivity index (χ1) is 15.8. The molecule has 6 nitrogen and oxygen atoms in total. The zero-order valence-corrected chi connectivity index (χ0v) is 18.8. The molecule has 1 unspecified atom stereocenters. The molecule has 0 saturated carbocycles. The van der Waals surface area contributed by atoms with Crippen molar-refractivity contribution in [3.05, 3.63) is 89.2 Å². The third-order valence-electron chi connectivity index (χ3n) is 4.49. The summed E-state index contributed by atoms with van der Waals surface area (Å²) in [6, 6.07) is 20.1. The summed E-state index contributed by atoms with van der Waals surface area (Å²) in [6.07, 6.45) is -0.359. The van der Waals surface area contributed by atoms with Gasteiger partial charge in [-0.3, -0.25) is 14.4 Å². The van der Waals surface area contributed by atoms with Crippen LogP contribution in [0.2, 0.25) is 5.02 Å². The molecule has 0 radical (unpaired) electrons. The van der Waals surface area contributed by atoms with Crippen molar-refractivity contribution in [2.24, 2.45) is 0 Å². The van der Waals surface area contributed by atoms with Crippen LogP contribution in [0.4, 0.5) is 15.8 Å². The van der Waals surface area contributed by atoms with Gasteiger partial charge in [-0.25, -0.2) is 4.39 Å². The zero-order chi connectivity index (χ0) is 23.8. The minimum absolute atomic E-state index is 0.0855. The van der Waals surface area contributed by atoms with Crippen LogP contribution >= 0.6 is 23.4 Å². The summed E-state index contributed by atoms with van der Waals surface area (Å²) >= 11 is 7.13. The number of halogens is 2. The van der Waals surface area contributed by atoms with Crippen molar-refractivity contribution in [2.45, 2.75) is 23.0 Å². The van der Waals surface area contributed by atoms with Crippen LogP contribution in [0.1, 0.15) is 23.7 Å². The molecule has 0 aliphatic rings. The van der Waals surface area contributed by atoms with Crippen molar-refractivity contribution in [2.75, 3.05) is 10.6 Å². The molecule has 3 rings (SSSR count). The Morgan fingerprint density at radius 1 is 0.909 bits per heavy atom. The molecule has 33 heavy (non-hydrogen) atoms. The number of benzene rings is 3. The molecule has 2 amide bonds. The number of nitrogens with one attached hydrogen (secondary N) is 2. The predicted octanol–water partition coefficient (Wildman–Crippen LogP) is 5.75. The Hall–Kier alpha value is -3.36. The van der Waals surface area contributed by atoms with Crippen LogP contribution < -0.4 is 10.6 Å². The minimum atomic E-state index is -1.04. The fourth-order valence-electron chi connectivity index (χ4n) is 2.88. The van der Waals surface area contributed by atoms with Gasteiger partial charge in [-0.05, 0) is 48.0 Å². The van der Waals surface area contributed by atoms with Crippen molar-refractivity contribution in [3.8, 4) is 0 Å². The van der Waals surface area contributed by atoms with Crippen LogP contribution in [0.5, 0.6) is 0 Å². The second-order valence-corrected chi connectivity index (χ2v) is 8.58. The molecule has 0 heterocycles. The largest absolute Gasteiger partial charge is 0.481 e. The number of anilines is 2. The maximum atomic E-state index is 13.4. The highest BCUT2D eigenvalue weighted by atomic mass is 35.5. The van der Waals surface area contributed by atoms with E-state index in [-0.39, 0.29) is 23.8 Å². The number of amides is 2. The van der Waals surface area contributed by atoms with Gasteiger partial charge >= 0.3 is 5.97 Å². The number of carboxylic acids is 1. The standard InChI is InChI=1S/C24H20ClFN2O4S/c25-19-14-17(8-11-20(19)26)28-24(32)23(15-4-2-1-3-5-15)33-18-9-6-16(7-10-18)27-21(29)12-13-22(30)31/h1-11,14,23H,12-13H2,(H,27,29)(H,28,32)(H,30,31). The molecule has 0 spiro atoms. The quantitative estimate of drug-likeness (QED) is 0.334. The van der Waals surface area contributed by atoms with Gasteiger partial charge in [-0.2, -0.15) is 0 Å². The normalized spacial score (nSPS) is 11.5. The van der Waals surface area contributed by atoms with Gasteiger partial charge in [-0.15, -0.1) is 11.8 Å². The molecule has 170 valence electrons. The Morgan fingerprint density at radius 2 is 1.58 bits per heavy atom. The number of thioether (sulfide) groups is 1. The van der Waals surface area contributed by atoms with Crippen molar-refractivity contribution >= 4 is 52.5 Å². The van der Waals surface area contributed by atoms with Gasteiger partial charge in [0.2, 0.25) is 11.8 Å². The predicted molar refractivity (Wildman–Crippen MR) is 127 cm³/mol. The van der Waals surface area contributed by atoms with Crippen LogP contribution in [0, 0.1) is 5.82 Å². The van der Waals surface area contributed by atoms with Crippen molar-refractivity contribution in [1.82, 2.24) is 0 Å². The van der Waals surface area contributed by atoms with E-state index in [0.29, 0.717) is 11.4 Å². The molecule has 3 aromatic rings. The zero-order valence-electron chi connectivity index (χ0n) is 17.3. The summed E-state index contributed by atoms with van der Waals surface area (Å²) in [5, 5.41) is 13.4. The second kappa shape index (κ2) is 11.5. The Kier molecular flexibility index (Phi) is 8.46. The maximum absolute atomic E-state index is 13.4. The molecule has 1 atom stereocenters. The monoisotopic (exact) mass is 486 g/mol. The summed E-state index contributed by atoms with van der Waals surface area (Å²) in [6.45, 7) is 0. The molecule has 0 saturated heterocycles. The van der Waals surface area contributed by atoms with E-state index >= 15 is 0 Å². The van der Waals surface area contributed by atoms with Crippen LogP contribution in [-0.4, -0.2) is 22.9 Å². The number of aliphatic carboxylic acids is 1. The SMILES string of the molecule is O=C(O)CCC(=O)Nc1ccc(SC(C(=O)Nc2ccc(F)c(Cl)c2)c2ccccc2)cc1. The van der Waals surface area contributed by atoms with Crippen LogP contribution in [-0.2, 0) is 14.4 Å². The highest BCUT2D eigenvalue weighted by Crippen LogP contribution is 2.37. The number of hydrogen-bond donors (Lipinski definition) is 3. The summed E-state index contributed by atoms with van der Waals surface area (Å²) in [4.78, 5) is 36.2. The number of carbonyl (C=O) groups is 3. The first-order valence-corrected chi connectivity index (χ1v) is 11.2. The van der Waals surface area contributed by atoms with E-state index in [1.165, 1.54) is 30.0 Å². The van der Waals surface area contributed by atoms with Gasteiger partial charge in [-0.1, -0.05) is 41.9 Å². The Morgan fingerprint density at radius 3 is 2.21 bits per heavy atom. The maximum Gasteiger partial charge on any atom is 0.303 e. The van der Waals surface area contributed by atoms with E-state index < -0.39 is 22.9 Å². The average Bonchev–Trinajstić information content (AvgIpc) is 2.80. The van der Waals surface area contributed by atoms with E-state index in [9.17, 15) is 18.8 Å². The summed E-state index contributed by atoms with van der Waals surface area (Å²) in [5.74, 6) is -2.30. The van der Waals surface area contributed by atoms with E-state index in [0.717, 1.165) is 10.5 Å². The highest BCUT2D eigenvalue weighted by Gasteiger charge is 2.22. The van der Waals surface area contributed by atoms with Crippen molar-refractivity contribution in [1.29, 1.82) is 0 Å². The highest BCUT2D eigenvalue weighted by molar-refractivity contribution is 8.00. The first kappa shape index (κ1) is 24.3. The summed E-state index contributed by atoms with van der Waals surface area (Å²) < 4.78 is 13.4. The molecule has 0 bridgehead atoms.